The third-order valence-corrected chi connectivity index (χ3v) is 4.21. The summed E-state index contributed by atoms with van der Waals surface area (Å²) in [4.78, 5) is 18.7. The normalized spacial score (nSPS) is 16.9. The molecule has 1 aliphatic heterocycles. The van der Waals surface area contributed by atoms with Crippen LogP contribution in [0, 0.1) is 12.8 Å². The maximum atomic E-state index is 12.8. The number of hydrogen-bond acceptors (Lipinski definition) is 4. The van der Waals surface area contributed by atoms with Crippen LogP contribution in [0.4, 0.5) is 5.69 Å². The van der Waals surface area contributed by atoms with Gasteiger partial charge in [0.1, 0.15) is 12.7 Å². The first kappa shape index (κ1) is 20.3. The fourth-order valence-electron chi connectivity index (χ4n) is 3.03. The average molecular weight is 372 g/mol. The number of hydrogen-bond donors (Lipinski definition) is 1. The topological polar surface area (TPSA) is 77.0 Å². The van der Waals surface area contributed by atoms with Crippen molar-refractivity contribution < 1.29 is 4.79 Å². The number of piperidine rings is 1. The molecule has 1 saturated heterocycles. The summed E-state index contributed by atoms with van der Waals surface area (Å²) in [6, 6.07) is 5.51. The Morgan fingerprint density at radius 1 is 1.38 bits per heavy atom. The standard InChI is InChI=1S/C16H21N5O.2ClH/c1-12-4-5-14(17)7-15(12)16(22)20-6-2-3-13(8-20)9-21-11-18-10-19-21;;/h4-5,7,10-11,13H,2-3,6,8-9,17H2,1H3;2*1H. The lowest BCUT2D eigenvalue weighted by Crippen LogP contribution is -2.41. The number of aromatic nitrogens is 3. The van der Waals surface area contributed by atoms with Crippen molar-refractivity contribution in [3.63, 3.8) is 0 Å². The largest absolute Gasteiger partial charge is 0.399 e. The molecule has 6 nitrogen and oxygen atoms in total. The minimum absolute atomic E-state index is 0. The summed E-state index contributed by atoms with van der Waals surface area (Å²) in [6.07, 6.45) is 5.40. The fourth-order valence-corrected chi connectivity index (χ4v) is 3.03. The van der Waals surface area contributed by atoms with E-state index >= 15 is 0 Å². The zero-order valence-electron chi connectivity index (χ0n) is 13.6. The molecule has 0 radical (unpaired) electrons. The van der Waals surface area contributed by atoms with Gasteiger partial charge in [0.25, 0.3) is 5.91 Å². The monoisotopic (exact) mass is 371 g/mol. The molecule has 1 aromatic carbocycles. The molecule has 0 spiro atoms. The molecule has 1 atom stereocenters. The van der Waals surface area contributed by atoms with E-state index in [1.54, 1.807) is 18.7 Å². The number of benzene rings is 1. The van der Waals surface area contributed by atoms with Gasteiger partial charge in [0.05, 0.1) is 0 Å². The van der Waals surface area contributed by atoms with Gasteiger partial charge in [-0.2, -0.15) is 5.10 Å². The van der Waals surface area contributed by atoms with Crippen LogP contribution in [0.3, 0.4) is 0 Å². The van der Waals surface area contributed by atoms with Gasteiger partial charge >= 0.3 is 0 Å². The SMILES string of the molecule is Cc1ccc(N)cc1C(=O)N1CCCC(Cn2cncn2)C1.Cl.Cl. The third-order valence-electron chi connectivity index (χ3n) is 4.21. The molecule has 1 aromatic heterocycles. The predicted octanol–water partition coefficient (Wildman–Crippen LogP) is 2.56. The molecule has 2 aromatic rings. The van der Waals surface area contributed by atoms with Gasteiger partial charge in [-0.1, -0.05) is 6.07 Å². The van der Waals surface area contributed by atoms with Crippen LogP contribution >= 0.6 is 24.8 Å². The fraction of sp³-hybridized carbons (Fsp3) is 0.438. The number of anilines is 1. The summed E-state index contributed by atoms with van der Waals surface area (Å²) in [5, 5.41) is 4.15. The zero-order chi connectivity index (χ0) is 15.5. The van der Waals surface area contributed by atoms with Crippen molar-refractivity contribution in [2.75, 3.05) is 18.8 Å². The number of nitrogens with zero attached hydrogens (tertiary/aromatic N) is 4. The van der Waals surface area contributed by atoms with Crippen molar-refractivity contribution in [3.05, 3.63) is 42.0 Å². The molecule has 1 unspecified atom stereocenters. The van der Waals surface area contributed by atoms with Gasteiger partial charge in [0, 0.05) is 30.9 Å². The lowest BCUT2D eigenvalue weighted by Gasteiger charge is -2.33. The van der Waals surface area contributed by atoms with E-state index in [1.807, 2.05) is 28.6 Å². The number of likely N-dealkylation sites (tertiary alicyclic amines) is 1. The maximum absolute atomic E-state index is 12.8. The molecule has 1 amide bonds. The van der Waals surface area contributed by atoms with Crippen LogP contribution in [-0.4, -0.2) is 38.7 Å². The van der Waals surface area contributed by atoms with Gasteiger partial charge in [-0.05, 0) is 43.4 Å². The quantitative estimate of drug-likeness (QED) is 0.841. The molecular weight excluding hydrogens is 349 g/mol. The Morgan fingerprint density at radius 2 is 2.17 bits per heavy atom. The maximum Gasteiger partial charge on any atom is 0.254 e. The second-order valence-corrected chi connectivity index (χ2v) is 5.95. The van der Waals surface area contributed by atoms with Gasteiger partial charge in [0.15, 0.2) is 0 Å². The van der Waals surface area contributed by atoms with Crippen LogP contribution in [-0.2, 0) is 6.54 Å². The molecule has 132 valence electrons. The van der Waals surface area contributed by atoms with E-state index in [4.69, 9.17) is 5.73 Å². The van der Waals surface area contributed by atoms with E-state index in [0.29, 0.717) is 17.2 Å². The van der Waals surface area contributed by atoms with Gasteiger partial charge in [0.2, 0.25) is 0 Å². The van der Waals surface area contributed by atoms with Crippen LogP contribution in [0.15, 0.2) is 30.9 Å². The molecule has 0 bridgehead atoms. The van der Waals surface area contributed by atoms with Crippen LogP contribution < -0.4 is 5.73 Å². The second kappa shape index (κ2) is 8.89. The van der Waals surface area contributed by atoms with Crippen molar-refractivity contribution >= 4 is 36.4 Å². The lowest BCUT2D eigenvalue weighted by molar-refractivity contribution is 0.0659. The average Bonchev–Trinajstić information content (AvgIpc) is 3.02. The minimum Gasteiger partial charge on any atom is -0.399 e. The van der Waals surface area contributed by atoms with Gasteiger partial charge in [-0.15, -0.1) is 24.8 Å². The second-order valence-electron chi connectivity index (χ2n) is 5.95. The van der Waals surface area contributed by atoms with E-state index in [-0.39, 0.29) is 30.7 Å². The van der Waals surface area contributed by atoms with Crippen LogP contribution in [0.5, 0.6) is 0 Å². The number of rotatable bonds is 3. The Hall–Kier alpha value is -1.79. The van der Waals surface area contributed by atoms with E-state index in [9.17, 15) is 4.79 Å². The first-order valence-electron chi connectivity index (χ1n) is 7.61. The summed E-state index contributed by atoms with van der Waals surface area (Å²) in [5.41, 5.74) is 8.13. The molecule has 0 saturated carbocycles. The van der Waals surface area contributed by atoms with E-state index in [1.165, 1.54) is 0 Å². The van der Waals surface area contributed by atoms with Crippen LogP contribution in [0.1, 0.15) is 28.8 Å². The summed E-state index contributed by atoms with van der Waals surface area (Å²) in [6.45, 7) is 4.32. The molecule has 24 heavy (non-hydrogen) atoms. The smallest absolute Gasteiger partial charge is 0.254 e. The number of carbonyl (C=O) groups is 1. The Bertz CT molecular complexity index is 662. The first-order chi connectivity index (χ1) is 10.6. The van der Waals surface area contributed by atoms with Crippen molar-refractivity contribution in [1.29, 1.82) is 0 Å². The molecule has 1 fully saturated rings. The highest BCUT2D eigenvalue weighted by atomic mass is 35.5. The van der Waals surface area contributed by atoms with E-state index in [0.717, 1.165) is 38.0 Å². The number of aryl methyl sites for hydroxylation is 1. The van der Waals surface area contributed by atoms with E-state index in [2.05, 4.69) is 10.1 Å². The number of nitrogens with two attached hydrogens (primary N) is 1. The molecule has 1 aliphatic rings. The molecule has 3 rings (SSSR count). The number of halogens is 2. The summed E-state index contributed by atoms with van der Waals surface area (Å²) < 4.78 is 1.84. The van der Waals surface area contributed by atoms with Crippen molar-refractivity contribution in [3.8, 4) is 0 Å². The first-order valence-corrected chi connectivity index (χ1v) is 7.61. The highest BCUT2D eigenvalue weighted by Crippen LogP contribution is 2.22. The van der Waals surface area contributed by atoms with Crippen molar-refractivity contribution in [1.82, 2.24) is 19.7 Å². The van der Waals surface area contributed by atoms with Gasteiger partial charge in [-0.3, -0.25) is 9.48 Å². The van der Waals surface area contributed by atoms with Crippen LogP contribution in [0.25, 0.3) is 0 Å². The summed E-state index contributed by atoms with van der Waals surface area (Å²) >= 11 is 0. The Labute approximate surface area is 154 Å². The molecule has 8 heteroatoms. The van der Waals surface area contributed by atoms with Gasteiger partial charge < -0.3 is 10.6 Å². The van der Waals surface area contributed by atoms with E-state index < -0.39 is 0 Å². The number of carbonyl (C=O) groups excluding carboxylic acids is 1. The highest BCUT2D eigenvalue weighted by molar-refractivity contribution is 5.96. The molecule has 2 N–H and O–H groups in total. The number of nitrogen functional groups attached to an aromatic ring is 1. The van der Waals surface area contributed by atoms with Crippen molar-refractivity contribution in [2.24, 2.45) is 5.92 Å². The Morgan fingerprint density at radius 3 is 2.88 bits per heavy atom. The Kier molecular flexibility index (Phi) is 7.51. The molecule has 0 aliphatic carbocycles. The van der Waals surface area contributed by atoms with Gasteiger partial charge in [-0.25, -0.2) is 4.98 Å². The Balaban J connectivity index is 0.00000144. The summed E-state index contributed by atoms with van der Waals surface area (Å²) in [7, 11) is 0. The zero-order valence-corrected chi connectivity index (χ0v) is 15.2. The predicted molar refractivity (Wildman–Crippen MR) is 98.7 cm³/mol. The highest BCUT2D eigenvalue weighted by Gasteiger charge is 2.25. The van der Waals surface area contributed by atoms with Crippen LogP contribution in [0.2, 0.25) is 0 Å². The number of amides is 1. The lowest BCUT2D eigenvalue weighted by atomic mass is 9.96. The molecular formula is C16H23Cl2N5O. The minimum atomic E-state index is 0. The third kappa shape index (κ3) is 4.61. The summed E-state index contributed by atoms with van der Waals surface area (Å²) in [5.74, 6) is 0.494. The van der Waals surface area contributed by atoms with Crippen molar-refractivity contribution in [2.45, 2.75) is 26.3 Å². The molecule has 2 heterocycles.